The highest BCUT2D eigenvalue weighted by Crippen LogP contribution is 2.44. The van der Waals surface area contributed by atoms with Crippen molar-refractivity contribution in [3.8, 4) is 0 Å². The van der Waals surface area contributed by atoms with Gasteiger partial charge in [-0.25, -0.2) is 0 Å². The second-order valence-electron chi connectivity index (χ2n) is 7.02. The smallest absolute Gasteiger partial charge is 0.272 e. The van der Waals surface area contributed by atoms with Gasteiger partial charge in [0.1, 0.15) is 26.0 Å². The zero-order valence-electron chi connectivity index (χ0n) is 16.7. The van der Waals surface area contributed by atoms with Crippen molar-refractivity contribution in [2.75, 3.05) is 11.9 Å². The molecule has 0 amide bonds. The molecule has 0 bridgehead atoms. The minimum Gasteiger partial charge on any atom is -0.337 e. The Balaban J connectivity index is 1.75. The number of thiazole rings is 2. The number of aromatic nitrogens is 2. The van der Waals surface area contributed by atoms with Gasteiger partial charge in [-0.15, -0.1) is 17.9 Å². The van der Waals surface area contributed by atoms with E-state index in [1.807, 2.05) is 23.7 Å². The van der Waals surface area contributed by atoms with Crippen LogP contribution in [0.15, 0.2) is 70.9 Å². The zero-order valence-corrected chi connectivity index (χ0v) is 19.1. The molecule has 1 aliphatic rings. The van der Waals surface area contributed by atoms with E-state index in [9.17, 15) is 4.79 Å². The molecule has 0 saturated heterocycles. The molecule has 0 N–H and O–H groups in total. The molecule has 4 nitrogen and oxygen atoms in total. The van der Waals surface area contributed by atoms with Gasteiger partial charge in [0, 0.05) is 24.6 Å². The molecular weight excluding hydrogens is 430 g/mol. The molecule has 0 saturated carbocycles. The fourth-order valence-corrected chi connectivity index (χ4v) is 7.18. The number of hydrogen-bond acceptors (Lipinski definition) is 5. The maximum Gasteiger partial charge on any atom is 0.272 e. The van der Waals surface area contributed by atoms with E-state index in [1.165, 1.54) is 15.1 Å². The van der Waals surface area contributed by atoms with Gasteiger partial charge in [-0.2, -0.15) is 4.57 Å². The van der Waals surface area contributed by atoms with E-state index in [4.69, 9.17) is 0 Å². The Hall–Kier alpha value is -2.61. The molecule has 0 radical (unpaired) electrons. The number of thioether (sulfide) groups is 1. The fraction of sp³-hybridized carbons (Fsp3) is 0.130. The van der Waals surface area contributed by atoms with Gasteiger partial charge in [-0.3, -0.25) is 9.36 Å². The van der Waals surface area contributed by atoms with Gasteiger partial charge in [0.05, 0.1) is 11.8 Å². The average molecular weight is 451 g/mol. The third kappa shape index (κ3) is 3.05. The topological polar surface area (TPSA) is 29.1 Å². The minimum absolute atomic E-state index is 0.0390. The van der Waals surface area contributed by atoms with E-state index in [2.05, 4.69) is 65.6 Å². The summed E-state index contributed by atoms with van der Waals surface area (Å²) >= 11 is 4.95. The number of aryl methyl sites for hydroxylation is 1. The lowest BCUT2D eigenvalue weighted by molar-refractivity contribution is -0.642. The predicted molar refractivity (Wildman–Crippen MR) is 129 cm³/mol. The molecule has 1 aliphatic heterocycles. The van der Waals surface area contributed by atoms with Crippen LogP contribution in [0, 0.1) is 0 Å². The Bertz CT molecular complexity index is 1480. The van der Waals surface area contributed by atoms with Gasteiger partial charge in [0.15, 0.2) is 0 Å². The van der Waals surface area contributed by atoms with Gasteiger partial charge < -0.3 is 4.90 Å². The van der Waals surface area contributed by atoms with Gasteiger partial charge in [-0.1, -0.05) is 53.4 Å². The second kappa shape index (κ2) is 7.58. The summed E-state index contributed by atoms with van der Waals surface area (Å²) in [6.07, 6.45) is 3.90. The molecule has 5 rings (SSSR count). The molecule has 3 heterocycles. The SMILES string of the molecule is C=CCn1c(=Cc2sc3ccccc3[n+]2C)sc(=C2Sc3ccccc3N2C)c1=O. The lowest BCUT2D eigenvalue weighted by Crippen LogP contribution is -2.34. The standard InChI is InChI=1S/C23H20N3OS3/c1-4-13-26-20(14-19-24(2)15-9-5-7-11-17(15)28-19)30-21(22(26)27)23-25(3)16-10-6-8-12-18(16)29-23/h4-12,14H,1,13H2,2-3H3/q+1. The number of rotatable bonds is 3. The quantitative estimate of drug-likeness (QED) is 0.354. The van der Waals surface area contributed by atoms with Crippen LogP contribution in [-0.4, -0.2) is 11.6 Å². The lowest BCUT2D eigenvalue weighted by Gasteiger charge is -2.11. The van der Waals surface area contributed by atoms with Crippen LogP contribution in [0.25, 0.3) is 21.3 Å². The van der Waals surface area contributed by atoms with E-state index in [0.29, 0.717) is 6.54 Å². The summed E-state index contributed by atoms with van der Waals surface area (Å²) in [5, 5.41) is 2.10. The first-order valence-corrected chi connectivity index (χ1v) is 12.0. The van der Waals surface area contributed by atoms with E-state index < -0.39 is 0 Å². The Morgan fingerprint density at radius 2 is 1.87 bits per heavy atom. The number of para-hydroxylation sites is 2. The maximum absolute atomic E-state index is 13.4. The molecule has 0 unspecified atom stereocenters. The number of anilines is 1. The molecule has 30 heavy (non-hydrogen) atoms. The van der Waals surface area contributed by atoms with Crippen LogP contribution in [0.2, 0.25) is 0 Å². The molecular formula is C23H20N3OS3+. The van der Waals surface area contributed by atoms with Crippen LogP contribution in [-0.2, 0) is 13.6 Å². The number of nitrogens with zero attached hydrogens (tertiary/aromatic N) is 3. The summed E-state index contributed by atoms with van der Waals surface area (Å²) < 4.78 is 6.95. The minimum atomic E-state index is 0.0390. The zero-order chi connectivity index (χ0) is 20.8. The first-order valence-electron chi connectivity index (χ1n) is 9.53. The lowest BCUT2D eigenvalue weighted by atomic mass is 10.3. The van der Waals surface area contributed by atoms with Crippen LogP contribution in [0.1, 0.15) is 5.01 Å². The second-order valence-corrected chi connectivity index (χ2v) is 10.1. The summed E-state index contributed by atoms with van der Waals surface area (Å²) in [5.74, 6) is 0. The van der Waals surface area contributed by atoms with Gasteiger partial charge in [0.2, 0.25) is 5.52 Å². The Morgan fingerprint density at radius 3 is 2.63 bits per heavy atom. The predicted octanol–water partition coefficient (Wildman–Crippen LogP) is 3.27. The van der Waals surface area contributed by atoms with E-state index in [-0.39, 0.29) is 5.56 Å². The Kier molecular flexibility index (Phi) is 4.89. The van der Waals surface area contributed by atoms with Crippen molar-refractivity contribution in [1.29, 1.82) is 0 Å². The molecule has 2 aromatic heterocycles. The highest BCUT2D eigenvalue weighted by molar-refractivity contribution is 8.08. The highest BCUT2D eigenvalue weighted by Gasteiger charge is 2.24. The summed E-state index contributed by atoms with van der Waals surface area (Å²) in [4.78, 5) is 16.7. The molecule has 4 aromatic rings. The first kappa shape index (κ1) is 19.4. The summed E-state index contributed by atoms with van der Waals surface area (Å²) in [6.45, 7) is 4.35. The largest absolute Gasteiger partial charge is 0.337 e. The van der Waals surface area contributed by atoms with Crippen molar-refractivity contribution in [3.63, 3.8) is 0 Å². The number of benzene rings is 2. The van der Waals surface area contributed by atoms with Gasteiger partial charge in [0.25, 0.3) is 10.6 Å². The summed E-state index contributed by atoms with van der Waals surface area (Å²) in [7, 11) is 4.10. The molecule has 150 valence electrons. The summed E-state index contributed by atoms with van der Waals surface area (Å²) in [5.41, 5.74) is 2.37. The first-order chi connectivity index (χ1) is 14.6. The van der Waals surface area contributed by atoms with E-state index in [1.54, 1.807) is 40.5 Å². The van der Waals surface area contributed by atoms with Crippen molar-refractivity contribution in [3.05, 3.63) is 85.7 Å². The normalized spacial score (nSPS) is 15.8. The molecule has 7 heteroatoms. The number of hydrogen-bond donors (Lipinski definition) is 0. The van der Waals surface area contributed by atoms with Crippen molar-refractivity contribution in [1.82, 2.24) is 4.57 Å². The van der Waals surface area contributed by atoms with E-state index in [0.717, 1.165) is 24.9 Å². The van der Waals surface area contributed by atoms with Crippen molar-refractivity contribution < 1.29 is 4.57 Å². The fourth-order valence-electron chi connectivity index (χ4n) is 3.62. The van der Waals surface area contributed by atoms with Gasteiger partial charge in [-0.05, 0) is 18.2 Å². The molecule has 0 aliphatic carbocycles. The molecule has 2 aromatic carbocycles. The molecule has 0 fully saturated rings. The average Bonchev–Trinajstić information content (AvgIpc) is 3.36. The monoisotopic (exact) mass is 450 g/mol. The Labute approximate surface area is 186 Å². The number of allylic oxidation sites excluding steroid dienone is 1. The van der Waals surface area contributed by atoms with E-state index >= 15 is 0 Å². The van der Waals surface area contributed by atoms with Crippen LogP contribution in [0.5, 0.6) is 0 Å². The Morgan fingerprint density at radius 1 is 1.10 bits per heavy atom. The third-order valence-corrected chi connectivity index (χ3v) is 8.83. The summed E-state index contributed by atoms with van der Waals surface area (Å²) in [6, 6.07) is 16.6. The van der Waals surface area contributed by atoms with Crippen LogP contribution in [0.4, 0.5) is 5.69 Å². The van der Waals surface area contributed by atoms with Crippen molar-refractivity contribution in [2.24, 2.45) is 7.05 Å². The molecule has 0 atom stereocenters. The van der Waals surface area contributed by atoms with Crippen molar-refractivity contribution in [2.45, 2.75) is 11.4 Å². The van der Waals surface area contributed by atoms with Gasteiger partial charge >= 0.3 is 0 Å². The van der Waals surface area contributed by atoms with Crippen LogP contribution < -0.4 is 24.2 Å². The highest BCUT2D eigenvalue weighted by atomic mass is 32.2. The van der Waals surface area contributed by atoms with Crippen LogP contribution >= 0.6 is 34.4 Å². The van der Waals surface area contributed by atoms with Crippen LogP contribution in [0.3, 0.4) is 0 Å². The number of fused-ring (bicyclic) bond motifs is 2. The van der Waals surface area contributed by atoms with Crippen molar-refractivity contribution >= 4 is 61.4 Å². The maximum atomic E-state index is 13.4. The third-order valence-electron chi connectivity index (χ3n) is 5.17. The molecule has 0 spiro atoms.